The van der Waals surface area contributed by atoms with Crippen LogP contribution in [0.25, 0.3) is 0 Å². The van der Waals surface area contributed by atoms with Crippen molar-refractivity contribution >= 4 is 9.84 Å². The first-order valence-electron chi connectivity index (χ1n) is 5.08. The number of rotatable bonds is 3. The van der Waals surface area contributed by atoms with Crippen LogP contribution >= 0.6 is 0 Å². The molecule has 7 heteroatoms. The zero-order valence-electron chi connectivity index (χ0n) is 10.2. The SMILES string of the molecule is CC(C)(C(N)c1c(F)cc(F)cc1F)S(C)(=O)=O. The fourth-order valence-corrected chi connectivity index (χ4v) is 2.01. The van der Waals surface area contributed by atoms with Crippen LogP contribution in [0.15, 0.2) is 12.1 Å². The van der Waals surface area contributed by atoms with E-state index in [2.05, 4.69) is 0 Å². The van der Waals surface area contributed by atoms with Gasteiger partial charge in [-0.3, -0.25) is 0 Å². The van der Waals surface area contributed by atoms with Crippen molar-refractivity contribution in [1.29, 1.82) is 0 Å². The maximum absolute atomic E-state index is 13.5. The molecule has 0 bridgehead atoms. The number of hydrogen-bond donors (Lipinski definition) is 1. The third-order valence-electron chi connectivity index (χ3n) is 3.06. The van der Waals surface area contributed by atoms with E-state index < -0.39 is 43.6 Å². The number of halogens is 3. The van der Waals surface area contributed by atoms with Crippen molar-refractivity contribution in [2.75, 3.05) is 6.26 Å². The monoisotopic (exact) mass is 281 g/mol. The zero-order chi connectivity index (χ0) is 14.3. The van der Waals surface area contributed by atoms with Crippen molar-refractivity contribution in [2.45, 2.75) is 24.6 Å². The number of sulfone groups is 1. The zero-order valence-corrected chi connectivity index (χ0v) is 11.0. The molecule has 0 fully saturated rings. The van der Waals surface area contributed by atoms with Gasteiger partial charge in [0, 0.05) is 24.0 Å². The van der Waals surface area contributed by atoms with Crippen molar-refractivity contribution in [3.8, 4) is 0 Å². The number of nitrogens with two attached hydrogens (primary N) is 1. The topological polar surface area (TPSA) is 60.2 Å². The van der Waals surface area contributed by atoms with Crippen molar-refractivity contribution in [3.63, 3.8) is 0 Å². The standard InChI is InChI=1S/C11H14F3NO2S/c1-11(2,18(3,16)17)10(15)9-7(13)4-6(12)5-8(9)14/h4-5,10H,15H2,1-3H3. The second kappa shape index (κ2) is 4.55. The predicted molar refractivity (Wildman–Crippen MR) is 62.2 cm³/mol. The van der Waals surface area contributed by atoms with Gasteiger partial charge in [0.1, 0.15) is 17.5 Å². The van der Waals surface area contributed by atoms with Crippen LogP contribution in [0.4, 0.5) is 13.2 Å². The molecule has 1 unspecified atom stereocenters. The van der Waals surface area contributed by atoms with Gasteiger partial charge in [0.15, 0.2) is 9.84 Å². The quantitative estimate of drug-likeness (QED) is 0.921. The molecule has 0 saturated carbocycles. The van der Waals surface area contributed by atoms with Gasteiger partial charge in [-0.25, -0.2) is 21.6 Å². The third-order valence-corrected chi connectivity index (χ3v) is 5.22. The van der Waals surface area contributed by atoms with Crippen molar-refractivity contribution in [2.24, 2.45) is 5.73 Å². The van der Waals surface area contributed by atoms with Gasteiger partial charge in [-0.2, -0.15) is 0 Å². The van der Waals surface area contributed by atoms with Gasteiger partial charge in [0.05, 0.1) is 10.8 Å². The summed E-state index contributed by atoms with van der Waals surface area (Å²) in [6.07, 6.45) is 0.923. The van der Waals surface area contributed by atoms with E-state index in [1.165, 1.54) is 13.8 Å². The van der Waals surface area contributed by atoms with Crippen LogP contribution < -0.4 is 5.73 Å². The average Bonchev–Trinajstić information content (AvgIpc) is 2.13. The highest BCUT2D eigenvalue weighted by Gasteiger charge is 2.40. The van der Waals surface area contributed by atoms with Gasteiger partial charge in [-0.05, 0) is 13.8 Å². The molecule has 18 heavy (non-hydrogen) atoms. The molecule has 0 aromatic heterocycles. The molecule has 0 radical (unpaired) electrons. The van der Waals surface area contributed by atoms with Crippen LogP contribution in [0.5, 0.6) is 0 Å². The second-order valence-corrected chi connectivity index (χ2v) is 7.23. The molecular weight excluding hydrogens is 267 g/mol. The van der Waals surface area contributed by atoms with E-state index in [9.17, 15) is 21.6 Å². The van der Waals surface area contributed by atoms with Gasteiger partial charge in [-0.15, -0.1) is 0 Å². The highest BCUT2D eigenvalue weighted by atomic mass is 32.2. The minimum absolute atomic E-state index is 0.469. The van der Waals surface area contributed by atoms with E-state index >= 15 is 0 Å². The molecule has 1 aromatic carbocycles. The molecule has 102 valence electrons. The smallest absolute Gasteiger partial charge is 0.154 e. The minimum Gasteiger partial charge on any atom is -0.322 e. The highest BCUT2D eigenvalue weighted by molar-refractivity contribution is 7.92. The second-order valence-electron chi connectivity index (χ2n) is 4.64. The van der Waals surface area contributed by atoms with E-state index in [4.69, 9.17) is 5.73 Å². The number of benzene rings is 1. The maximum atomic E-state index is 13.5. The molecule has 1 aromatic rings. The lowest BCUT2D eigenvalue weighted by Gasteiger charge is -2.30. The van der Waals surface area contributed by atoms with Crippen LogP contribution in [-0.2, 0) is 9.84 Å². The molecule has 0 aliphatic carbocycles. The van der Waals surface area contributed by atoms with E-state index in [0.717, 1.165) is 6.26 Å². The summed E-state index contributed by atoms with van der Waals surface area (Å²) in [7, 11) is -3.65. The molecular formula is C11H14F3NO2S. The molecule has 0 amide bonds. The first kappa shape index (κ1) is 15.0. The first-order chi connectivity index (χ1) is 7.98. The summed E-state index contributed by atoms with van der Waals surface area (Å²) in [6.45, 7) is 2.52. The van der Waals surface area contributed by atoms with Gasteiger partial charge >= 0.3 is 0 Å². The Morgan fingerprint density at radius 2 is 1.56 bits per heavy atom. The van der Waals surface area contributed by atoms with Crippen molar-refractivity contribution in [1.82, 2.24) is 0 Å². The van der Waals surface area contributed by atoms with Gasteiger partial charge in [0.25, 0.3) is 0 Å². The molecule has 0 heterocycles. The maximum Gasteiger partial charge on any atom is 0.154 e. The van der Waals surface area contributed by atoms with Gasteiger partial charge in [0.2, 0.25) is 0 Å². The van der Waals surface area contributed by atoms with Crippen LogP contribution in [0.2, 0.25) is 0 Å². The van der Waals surface area contributed by atoms with Crippen LogP contribution in [0, 0.1) is 17.5 Å². The summed E-state index contributed by atoms with van der Waals surface area (Å²) in [4.78, 5) is 0. The lowest BCUT2D eigenvalue weighted by molar-refractivity contribution is 0.448. The predicted octanol–water partition coefficient (Wildman–Crippen LogP) is 1.93. The molecule has 0 spiro atoms. The Balaban J connectivity index is 3.41. The molecule has 0 aliphatic heterocycles. The fourth-order valence-electron chi connectivity index (χ4n) is 1.43. The van der Waals surface area contributed by atoms with Gasteiger partial charge < -0.3 is 5.73 Å². The largest absolute Gasteiger partial charge is 0.322 e. The van der Waals surface area contributed by atoms with E-state index in [-0.39, 0.29) is 0 Å². The van der Waals surface area contributed by atoms with E-state index in [1.54, 1.807) is 0 Å². The summed E-state index contributed by atoms with van der Waals surface area (Å²) >= 11 is 0. The summed E-state index contributed by atoms with van der Waals surface area (Å²) < 4.78 is 61.4. The van der Waals surface area contributed by atoms with Crippen molar-refractivity contribution in [3.05, 3.63) is 35.1 Å². The molecule has 1 atom stereocenters. The molecule has 3 nitrogen and oxygen atoms in total. The Bertz CT molecular complexity index is 547. The summed E-state index contributed by atoms with van der Waals surface area (Å²) in [6, 6.07) is -0.499. The molecule has 0 saturated heterocycles. The van der Waals surface area contributed by atoms with Crippen LogP contribution in [-0.4, -0.2) is 19.4 Å². The molecule has 0 aliphatic rings. The third kappa shape index (κ3) is 2.51. The van der Waals surface area contributed by atoms with E-state index in [0.29, 0.717) is 12.1 Å². The Hall–Kier alpha value is -1.08. The minimum atomic E-state index is -3.65. The van der Waals surface area contributed by atoms with E-state index in [1.807, 2.05) is 0 Å². The lowest BCUT2D eigenvalue weighted by Crippen LogP contribution is -2.43. The van der Waals surface area contributed by atoms with Crippen LogP contribution in [0.1, 0.15) is 25.5 Å². The number of hydrogen-bond acceptors (Lipinski definition) is 3. The lowest BCUT2D eigenvalue weighted by atomic mass is 9.95. The molecule has 1 rings (SSSR count). The Morgan fingerprint density at radius 1 is 1.17 bits per heavy atom. The average molecular weight is 281 g/mol. The van der Waals surface area contributed by atoms with Crippen LogP contribution in [0.3, 0.4) is 0 Å². The fraction of sp³-hybridized carbons (Fsp3) is 0.455. The summed E-state index contributed by atoms with van der Waals surface area (Å²) in [5.74, 6) is -3.48. The Morgan fingerprint density at radius 3 is 1.89 bits per heavy atom. The summed E-state index contributed by atoms with van der Waals surface area (Å²) in [5, 5.41) is 0. The normalized spacial score (nSPS) is 14.6. The highest BCUT2D eigenvalue weighted by Crippen LogP contribution is 2.33. The van der Waals surface area contributed by atoms with Crippen molar-refractivity contribution < 1.29 is 21.6 Å². The first-order valence-corrected chi connectivity index (χ1v) is 6.97. The Kier molecular flexibility index (Phi) is 3.78. The Labute approximate surface area is 104 Å². The summed E-state index contributed by atoms with van der Waals surface area (Å²) in [5.41, 5.74) is 5.00. The molecule has 2 N–H and O–H groups in total. The van der Waals surface area contributed by atoms with Gasteiger partial charge in [-0.1, -0.05) is 0 Å².